The lowest BCUT2D eigenvalue weighted by molar-refractivity contribution is -0.194. The van der Waals surface area contributed by atoms with Crippen molar-refractivity contribution in [1.82, 2.24) is 10.0 Å². The van der Waals surface area contributed by atoms with Crippen LogP contribution in [0, 0.1) is 0 Å². The first-order chi connectivity index (χ1) is 8.54. The van der Waals surface area contributed by atoms with Crippen molar-refractivity contribution in [2.45, 2.75) is 38.3 Å². The van der Waals surface area contributed by atoms with Crippen molar-refractivity contribution in [3.8, 4) is 0 Å². The van der Waals surface area contributed by atoms with Gasteiger partial charge in [-0.3, -0.25) is 5.01 Å². The van der Waals surface area contributed by atoms with Crippen LogP contribution in [0.3, 0.4) is 0 Å². The topological polar surface area (TPSA) is 45.2 Å². The maximum absolute atomic E-state index is 12.9. The van der Waals surface area contributed by atoms with E-state index in [1.807, 2.05) is 0 Å². The lowest BCUT2D eigenvalue weighted by atomic mass is 10.2. The molecule has 5 nitrogen and oxygen atoms in total. The van der Waals surface area contributed by atoms with Gasteiger partial charge in [-0.2, -0.15) is 18.2 Å². The predicted molar refractivity (Wildman–Crippen MR) is 62.5 cm³/mol. The van der Waals surface area contributed by atoms with Crippen molar-refractivity contribution in [3.05, 3.63) is 10.2 Å². The average molecular weight is 347 g/mol. The van der Waals surface area contributed by atoms with Gasteiger partial charge in [-0.25, -0.2) is 0 Å². The first-order valence-electron chi connectivity index (χ1n) is 5.53. The molecule has 0 radical (unpaired) electrons. The summed E-state index contributed by atoms with van der Waals surface area (Å²) in [5.74, 6) is -0.870. The van der Waals surface area contributed by atoms with E-state index in [-0.39, 0.29) is 11.2 Å². The highest BCUT2D eigenvalue weighted by molar-refractivity contribution is 9.11. The molecule has 110 valence electrons. The third kappa shape index (κ3) is 2.62. The molecule has 0 bridgehead atoms. The summed E-state index contributed by atoms with van der Waals surface area (Å²) in [6, 6.07) is 0. The maximum Gasteiger partial charge on any atom is 0.419 e. The van der Waals surface area contributed by atoms with Gasteiger partial charge in [0.1, 0.15) is 10.2 Å². The predicted octanol–water partition coefficient (Wildman–Crippen LogP) is 1.74. The van der Waals surface area contributed by atoms with E-state index in [9.17, 15) is 18.3 Å². The van der Waals surface area contributed by atoms with Crippen LogP contribution in [0.2, 0.25) is 0 Å². The molecule has 0 aromatic rings. The molecule has 0 saturated carbocycles. The monoisotopic (exact) mass is 346 g/mol. The van der Waals surface area contributed by atoms with Crippen LogP contribution in [0.5, 0.6) is 0 Å². The second-order valence-corrected chi connectivity index (χ2v) is 5.53. The van der Waals surface area contributed by atoms with Crippen LogP contribution in [-0.2, 0) is 9.47 Å². The highest BCUT2D eigenvalue weighted by Gasteiger charge is 2.52. The third-order valence-electron chi connectivity index (χ3n) is 2.95. The summed E-state index contributed by atoms with van der Waals surface area (Å²) in [6.45, 7) is 3.44. The van der Waals surface area contributed by atoms with Gasteiger partial charge in [0.2, 0.25) is 0 Å². The third-order valence-corrected chi connectivity index (χ3v) is 3.74. The van der Waals surface area contributed by atoms with Gasteiger partial charge in [-0.1, -0.05) is 0 Å². The zero-order valence-corrected chi connectivity index (χ0v) is 12.1. The number of aliphatic hydroxyl groups is 1. The normalized spacial score (nSPS) is 32.5. The van der Waals surface area contributed by atoms with Gasteiger partial charge < -0.3 is 14.6 Å². The van der Waals surface area contributed by atoms with E-state index in [0.717, 1.165) is 5.01 Å². The Balaban J connectivity index is 2.30. The second kappa shape index (κ2) is 4.59. The summed E-state index contributed by atoms with van der Waals surface area (Å²) < 4.78 is 49.2. The average Bonchev–Trinajstić information content (AvgIpc) is 2.66. The molecule has 2 aliphatic rings. The van der Waals surface area contributed by atoms with Crippen LogP contribution in [0.15, 0.2) is 10.2 Å². The summed E-state index contributed by atoms with van der Waals surface area (Å²) >= 11 is 2.88. The fourth-order valence-corrected chi connectivity index (χ4v) is 2.96. The Bertz CT molecular complexity index is 413. The molecule has 9 heteroatoms. The lowest BCUT2D eigenvalue weighted by Gasteiger charge is -2.33. The quantitative estimate of drug-likeness (QED) is 0.733. The highest BCUT2D eigenvalue weighted by Crippen LogP contribution is 2.43. The minimum atomic E-state index is -4.63. The molecule has 2 rings (SSSR count). The Morgan fingerprint density at radius 3 is 2.37 bits per heavy atom. The van der Waals surface area contributed by atoms with Gasteiger partial charge >= 0.3 is 6.18 Å². The van der Waals surface area contributed by atoms with Gasteiger partial charge in [0.25, 0.3) is 0 Å². The van der Waals surface area contributed by atoms with Crippen LogP contribution < -0.4 is 0 Å². The molecular weight excluding hydrogens is 333 g/mol. The van der Waals surface area contributed by atoms with E-state index in [0.29, 0.717) is 0 Å². The van der Waals surface area contributed by atoms with Crippen molar-refractivity contribution in [1.29, 1.82) is 0 Å². The van der Waals surface area contributed by atoms with E-state index in [1.165, 1.54) is 12.1 Å². The van der Waals surface area contributed by atoms with Crippen LogP contribution >= 0.6 is 15.9 Å². The molecule has 0 aromatic heterocycles. The number of hydrogen-bond acceptors (Lipinski definition) is 5. The Kier molecular flexibility index (Phi) is 3.63. The van der Waals surface area contributed by atoms with Crippen LogP contribution in [0.1, 0.15) is 13.8 Å². The Labute approximate surface area is 116 Å². The molecule has 1 fully saturated rings. The fraction of sp³-hybridized carbons (Fsp3) is 0.800. The van der Waals surface area contributed by atoms with E-state index in [1.54, 1.807) is 13.8 Å². The van der Waals surface area contributed by atoms with E-state index >= 15 is 0 Å². The van der Waals surface area contributed by atoms with Gasteiger partial charge in [0, 0.05) is 7.05 Å². The highest BCUT2D eigenvalue weighted by atomic mass is 79.9. The number of aliphatic hydroxyl groups excluding tert-OH is 1. The molecule has 19 heavy (non-hydrogen) atoms. The van der Waals surface area contributed by atoms with Gasteiger partial charge in [-0.05, 0) is 29.8 Å². The molecular formula is C10H14BrF3N2O3. The number of rotatable bonds is 1. The minimum absolute atomic E-state index is 0.101. The van der Waals surface area contributed by atoms with E-state index in [2.05, 4.69) is 15.9 Å². The molecule has 0 amide bonds. The lowest BCUT2D eigenvalue weighted by Crippen LogP contribution is -2.47. The van der Waals surface area contributed by atoms with Gasteiger partial charge in [0.05, 0.1) is 6.61 Å². The van der Waals surface area contributed by atoms with Crippen LogP contribution in [0.4, 0.5) is 13.2 Å². The van der Waals surface area contributed by atoms with Crippen LogP contribution in [0.25, 0.3) is 0 Å². The summed E-state index contributed by atoms with van der Waals surface area (Å²) in [6.07, 6.45) is -7.14. The molecule has 0 spiro atoms. The largest absolute Gasteiger partial charge is 0.419 e. The van der Waals surface area contributed by atoms with Crippen LogP contribution in [-0.4, -0.2) is 53.2 Å². The summed E-state index contributed by atoms with van der Waals surface area (Å²) in [5.41, 5.74) is -1.05. The maximum atomic E-state index is 12.9. The molecule has 1 N–H and O–H groups in total. The number of alkyl halides is 3. The standard InChI is InChI=1S/C10H14BrF3N2O3/c1-9(2)18-4-5(19-9)16-7(11)6(10(12,13)14)8(17)15(16)3/h5,8,17H,4H2,1-3H3. The molecule has 0 aromatic carbocycles. The first kappa shape index (κ1) is 15.0. The van der Waals surface area contributed by atoms with Crippen molar-refractivity contribution in [3.63, 3.8) is 0 Å². The zero-order valence-electron chi connectivity index (χ0n) is 10.5. The van der Waals surface area contributed by atoms with Crippen molar-refractivity contribution < 1.29 is 27.8 Å². The number of hydrazine groups is 1. The zero-order chi connectivity index (χ0) is 14.6. The Hall–Kier alpha value is -0.350. The van der Waals surface area contributed by atoms with Crippen molar-refractivity contribution in [2.75, 3.05) is 13.7 Å². The molecule has 1 saturated heterocycles. The molecule has 2 aliphatic heterocycles. The second-order valence-electron chi connectivity index (χ2n) is 4.78. The Morgan fingerprint density at radius 1 is 1.42 bits per heavy atom. The van der Waals surface area contributed by atoms with E-state index < -0.39 is 30.0 Å². The fourth-order valence-electron chi connectivity index (χ4n) is 2.05. The number of halogens is 4. The van der Waals surface area contributed by atoms with E-state index in [4.69, 9.17) is 9.47 Å². The summed E-state index contributed by atoms with van der Waals surface area (Å²) in [7, 11) is 1.35. The van der Waals surface area contributed by atoms with Crippen molar-refractivity contribution in [2.24, 2.45) is 0 Å². The number of nitrogens with zero attached hydrogens (tertiary/aromatic N) is 2. The Morgan fingerprint density at radius 2 is 2.00 bits per heavy atom. The van der Waals surface area contributed by atoms with Gasteiger partial charge in [0.15, 0.2) is 18.2 Å². The molecule has 2 heterocycles. The molecule has 0 aliphatic carbocycles. The first-order valence-corrected chi connectivity index (χ1v) is 6.32. The smallest absolute Gasteiger partial charge is 0.372 e. The molecule has 2 atom stereocenters. The number of likely N-dealkylation sites (N-methyl/N-ethyl adjacent to an activating group) is 1. The summed E-state index contributed by atoms with van der Waals surface area (Å²) in [4.78, 5) is 0. The number of ether oxygens (including phenoxy) is 2. The van der Waals surface area contributed by atoms with Gasteiger partial charge in [-0.15, -0.1) is 0 Å². The summed E-state index contributed by atoms with van der Waals surface area (Å²) in [5, 5.41) is 12.0. The van der Waals surface area contributed by atoms with Crippen molar-refractivity contribution >= 4 is 15.9 Å². The number of hydrogen-bond donors (Lipinski definition) is 1. The molecule has 2 unspecified atom stereocenters. The minimum Gasteiger partial charge on any atom is -0.372 e. The SMILES string of the molecule is CN1C(O)C(C(F)(F)F)=C(Br)N1C1COC(C)(C)O1.